The molecule has 34 valence electrons. The fourth-order valence-corrected chi connectivity index (χ4v) is 0.136. The van der Waals surface area contributed by atoms with Gasteiger partial charge in [0.1, 0.15) is 0 Å². The zero-order chi connectivity index (χ0) is 3.54. The molecule has 0 saturated heterocycles. The molecule has 0 aliphatic rings. The molecule has 0 radical (unpaired) electrons. The smallest absolute Gasteiger partial charge is 0.213 e. The van der Waals surface area contributed by atoms with E-state index in [-0.39, 0.29) is 17.0 Å². The van der Waals surface area contributed by atoms with E-state index in [1.807, 2.05) is 0 Å². The van der Waals surface area contributed by atoms with Crippen LogP contribution in [0.25, 0.3) is 0 Å². The Labute approximate surface area is 45.1 Å². The lowest BCUT2D eigenvalue weighted by atomic mass is 11.3. The highest BCUT2D eigenvalue weighted by molar-refractivity contribution is 8.93. The Hall–Kier alpha value is -0.380. The van der Waals surface area contributed by atoms with Crippen molar-refractivity contribution in [2.45, 2.75) is 0 Å². The van der Waals surface area contributed by atoms with E-state index in [9.17, 15) is 0 Å². The van der Waals surface area contributed by atoms with Gasteiger partial charge >= 0.3 is 0 Å². The first-order chi connectivity index (χ1) is 2.50. The summed E-state index contributed by atoms with van der Waals surface area (Å²) in [5.41, 5.74) is 0. The Kier molecular flexibility index (Phi) is 2.66. The highest BCUT2D eigenvalue weighted by Crippen LogP contribution is 1.62. The molecular weight excluding hydrogens is 148 g/mol. The van der Waals surface area contributed by atoms with Crippen LogP contribution in [0.1, 0.15) is 0 Å². The molecule has 0 aliphatic carbocycles. The topological polar surface area (TPSA) is 38.9 Å². The maximum absolute atomic E-state index is 4.22. The predicted molar refractivity (Wildman–Crippen MR) is 24.6 cm³/mol. The van der Waals surface area contributed by atoms with Gasteiger partial charge in [0.15, 0.2) is 6.33 Å². The van der Waals surface area contributed by atoms with Crippen molar-refractivity contribution in [3.05, 3.63) is 12.7 Å². The minimum atomic E-state index is 0. The minimum Gasteiger partial charge on any atom is -0.343 e. The first-order valence-electron chi connectivity index (χ1n) is 1.19. The third kappa shape index (κ3) is 1.16. The number of aromatic nitrogens is 2. The maximum Gasteiger partial charge on any atom is 0.213 e. The van der Waals surface area contributed by atoms with Crippen molar-refractivity contribution < 1.29 is 4.52 Å². The van der Waals surface area contributed by atoms with Gasteiger partial charge in [-0.3, -0.25) is 0 Å². The second kappa shape index (κ2) is 2.84. The van der Waals surface area contributed by atoms with Crippen LogP contribution in [0, 0.1) is 0 Å². The van der Waals surface area contributed by atoms with Crippen LogP contribution in [0.4, 0.5) is 0 Å². The molecule has 4 heteroatoms. The van der Waals surface area contributed by atoms with Crippen LogP contribution in [0.2, 0.25) is 0 Å². The van der Waals surface area contributed by atoms with E-state index in [4.69, 9.17) is 0 Å². The number of nitrogens with zero attached hydrogens (tertiary/aromatic N) is 2. The first kappa shape index (κ1) is 5.62. The Morgan fingerprint density at radius 3 is 2.50 bits per heavy atom. The van der Waals surface area contributed by atoms with Crippen molar-refractivity contribution in [3.63, 3.8) is 0 Å². The molecule has 0 fully saturated rings. The Balaban J connectivity index is 0.000000250. The molecule has 0 saturated carbocycles. The van der Waals surface area contributed by atoms with Gasteiger partial charge in [-0.15, -0.1) is 17.0 Å². The molecule has 0 unspecified atom stereocenters. The lowest BCUT2D eigenvalue weighted by Crippen LogP contribution is -1.44. The SMILES string of the molecule is Br.c1ncon1. The molecule has 6 heavy (non-hydrogen) atoms. The van der Waals surface area contributed by atoms with Crippen LogP contribution in [-0.2, 0) is 0 Å². The molecule has 0 atom stereocenters. The van der Waals surface area contributed by atoms with Gasteiger partial charge in [0.25, 0.3) is 0 Å². The van der Waals surface area contributed by atoms with Crippen molar-refractivity contribution >= 4 is 17.0 Å². The summed E-state index contributed by atoms with van der Waals surface area (Å²) in [5.74, 6) is 0. The van der Waals surface area contributed by atoms with Crippen molar-refractivity contribution in [1.29, 1.82) is 0 Å². The van der Waals surface area contributed by atoms with E-state index in [0.717, 1.165) is 0 Å². The summed E-state index contributed by atoms with van der Waals surface area (Å²) >= 11 is 0. The quantitative estimate of drug-likeness (QED) is 0.546. The molecule has 3 nitrogen and oxygen atoms in total. The van der Waals surface area contributed by atoms with Gasteiger partial charge in [-0.05, 0) is 0 Å². The first-order valence-corrected chi connectivity index (χ1v) is 1.19. The zero-order valence-electron chi connectivity index (χ0n) is 2.87. The molecule has 1 heterocycles. The number of hydrogen-bond donors (Lipinski definition) is 0. The average molecular weight is 151 g/mol. The molecule has 0 N–H and O–H groups in total. The van der Waals surface area contributed by atoms with Gasteiger partial charge in [0.05, 0.1) is 0 Å². The van der Waals surface area contributed by atoms with Crippen molar-refractivity contribution in [1.82, 2.24) is 10.1 Å². The summed E-state index contributed by atoms with van der Waals surface area (Å²) in [4.78, 5) is 3.44. The standard InChI is InChI=1S/C2H2N2O.BrH/c1-3-2-5-4-1;/h1-2H;1H. The fourth-order valence-electron chi connectivity index (χ4n) is 0.136. The van der Waals surface area contributed by atoms with Crippen molar-refractivity contribution in [2.24, 2.45) is 0 Å². The number of rotatable bonds is 0. The summed E-state index contributed by atoms with van der Waals surface area (Å²) in [6.07, 6.45) is 2.60. The summed E-state index contributed by atoms with van der Waals surface area (Å²) in [6, 6.07) is 0. The lowest BCUT2D eigenvalue weighted by molar-refractivity contribution is 0.416. The Morgan fingerprint density at radius 2 is 2.33 bits per heavy atom. The number of hydrogen-bond acceptors (Lipinski definition) is 3. The summed E-state index contributed by atoms with van der Waals surface area (Å²) < 4.78 is 4.22. The van der Waals surface area contributed by atoms with E-state index in [1.165, 1.54) is 12.7 Å². The van der Waals surface area contributed by atoms with Crippen LogP contribution in [-0.4, -0.2) is 10.1 Å². The molecule has 0 amide bonds. The van der Waals surface area contributed by atoms with Crippen LogP contribution in [0.5, 0.6) is 0 Å². The average Bonchev–Trinajstić information content (AvgIpc) is 1.76. The van der Waals surface area contributed by atoms with Crippen LogP contribution in [0.15, 0.2) is 17.2 Å². The highest BCUT2D eigenvalue weighted by Gasteiger charge is 1.60. The Morgan fingerprint density at radius 1 is 1.50 bits per heavy atom. The van der Waals surface area contributed by atoms with E-state index >= 15 is 0 Å². The summed E-state index contributed by atoms with van der Waals surface area (Å²) in [7, 11) is 0. The van der Waals surface area contributed by atoms with Gasteiger partial charge in [-0.2, -0.15) is 0 Å². The minimum absolute atomic E-state index is 0. The summed E-state index contributed by atoms with van der Waals surface area (Å²) in [6.45, 7) is 0. The molecule has 0 aliphatic heterocycles. The van der Waals surface area contributed by atoms with Gasteiger partial charge in [0, 0.05) is 0 Å². The van der Waals surface area contributed by atoms with Crippen LogP contribution < -0.4 is 0 Å². The van der Waals surface area contributed by atoms with E-state index < -0.39 is 0 Å². The highest BCUT2D eigenvalue weighted by atomic mass is 79.9. The lowest BCUT2D eigenvalue weighted by Gasteiger charge is -1.45. The van der Waals surface area contributed by atoms with Crippen LogP contribution in [0.3, 0.4) is 0 Å². The fraction of sp³-hybridized carbons (Fsp3) is 0. The van der Waals surface area contributed by atoms with Crippen molar-refractivity contribution in [2.75, 3.05) is 0 Å². The van der Waals surface area contributed by atoms with Crippen molar-refractivity contribution in [3.8, 4) is 0 Å². The molecule has 0 spiro atoms. The Bertz CT molecular complexity index is 68.0. The normalized spacial score (nSPS) is 6.67. The van der Waals surface area contributed by atoms with E-state index in [1.54, 1.807) is 0 Å². The third-order valence-electron chi connectivity index (χ3n) is 0.283. The molecule has 1 rings (SSSR count). The van der Waals surface area contributed by atoms with Gasteiger partial charge in [0.2, 0.25) is 6.39 Å². The van der Waals surface area contributed by atoms with Gasteiger partial charge in [-0.25, -0.2) is 4.98 Å². The van der Waals surface area contributed by atoms with E-state index in [2.05, 4.69) is 14.7 Å². The largest absolute Gasteiger partial charge is 0.343 e. The number of halogens is 1. The van der Waals surface area contributed by atoms with E-state index in [0.29, 0.717) is 0 Å². The van der Waals surface area contributed by atoms with Crippen LogP contribution >= 0.6 is 17.0 Å². The maximum atomic E-state index is 4.22. The molecule has 1 aromatic rings. The zero-order valence-corrected chi connectivity index (χ0v) is 4.58. The molecule has 0 aromatic carbocycles. The third-order valence-corrected chi connectivity index (χ3v) is 0.283. The second-order valence-electron chi connectivity index (χ2n) is 0.581. The summed E-state index contributed by atoms with van der Waals surface area (Å²) in [5, 5.41) is 3.24. The molecule has 0 bridgehead atoms. The molecular formula is C2H3BrN2O. The monoisotopic (exact) mass is 150 g/mol. The van der Waals surface area contributed by atoms with Gasteiger partial charge in [-0.1, -0.05) is 5.16 Å². The second-order valence-corrected chi connectivity index (χ2v) is 0.581. The van der Waals surface area contributed by atoms with Gasteiger partial charge < -0.3 is 4.52 Å². The molecule has 1 aromatic heterocycles. The predicted octanol–water partition coefficient (Wildman–Crippen LogP) is 0.647.